The molecule has 0 fully saturated rings. The molecule has 0 saturated carbocycles. The number of hydrogen-bond acceptors (Lipinski definition) is 5. The lowest BCUT2D eigenvalue weighted by Crippen LogP contribution is -2.28. The molecule has 0 radical (unpaired) electrons. The normalized spacial score (nSPS) is 14.3. The maximum atomic E-state index is 15.6. The highest BCUT2D eigenvalue weighted by Gasteiger charge is 2.34. The van der Waals surface area contributed by atoms with Crippen molar-refractivity contribution in [2.75, 3.05) is 6.61 Å². The van der Waals surface area contributed by atoms with E-state index in [0.29, 0.717) is 41.1 Å². The van der Waals surface area contributed by atoms with Gasteiger partial charge in [0.2, 0.25) is 0 Å². The molecule has 1 N–H and O–H groups in total. The quantitative estimate of drug-likeness (QED) is 0.282. The van der Waals surface area contributed by atoms with Gasteiger partial charge in [0, 0.05) is 53.1 Å². The van der Waals surface area contributed by atoms with Gasteiger partial charge in [0.1, 0.15) is 5.65 Å². The van der Waals surface area contributed by atoms with Crippen LogP contribution in [-0.2, 0) is 29.5 Å². The number of carboxylic acids is 1. The van der Waals surface area contributed by atoms with Crippen molar-refractivity contribution in [3.63, 3.8) is 0 Å². The zero-order valence-electron chi connectivity index (χ0n) is 24.3. The Kier molecular flexibility index (Phi) is 7.20. The highest BCUT2D eigenvalue weighted by molar-refractivity contribution is 6.01. The summed E-state index contributed by atoms with van der Waals surface area (Å²) in [7, 11) is 1.93. The Balaban J connectivity index is 1.87. The Morgan fingerprint density at radius 2 is 2.02 bits per heavy atom. The standard InChI is InChI=1S/C31H37FN4O4/c1-8-11-36-16-19(15-33-36)24-14-22-26(21-13-23(32)27-20(17(21)2)10-9-12-39-27)25(18(3)34-29(22)35(24)7)28(30(37)38)40-31(4,5)6/h13-16,28H,8-12H2,1-7H3,(H,37,38)/t28-/m0/s1. The molecule has 4 heterocycles. The topological polar surface area (TPSA) is 91.4 Å². The number of aliphatic carboxylic acids is 1. The van der Waals surface area contributed by atoms with Crippen molar-refractivity contribution < 1.29 is 23.8 Å². The van der Waals surface area contributed by atoms with Crippen LogP contribution >= 0.6 is 0 Å². The Labute approximate surface area is 233 Å². The van der Waals surface area contributed by atoms with E-state index in [2.05, 4.69) is 12.0 Å². The molecular formula is C31H37FN4O4. The molecule has 9 heteroatoms. The van der Waals surface area contributed by atoms with Gasteiger partial charge in [-0.15, -0.1) is 0 Å². The molecule has 1 atom stereocenters. The Morgan fingerprint density at radius 1 is 1.27 bits per heavy atom. The summed E-state index contributed by atoms with van der Waals surface area (Å²) in [5.41, 5.74) is 5.58. The highest BCUT2D eigenvalue weighted by Crippen LogP contribution is 2.45. The van der Waals surface area contributed by atoms with Crippen LogP contribution in [0.2, 0.25) is 0 Å². The van der Waals surface area contributed by atoms with Gasteiger partial charge in [0.05, 0.1) is 24.1 Å². The number of carboxylic acid groups (broad SMARTS) is 1. The van der Waals surface area contributed by atoms with E-state index in [1.807, 2.05) is 62.5 Å². The Bertz CT molecular complexity index is 1610. The number of rotatable bonds is 7. The number of benzene rings is 1. The monoisotopic (exact) mass is 548 g/mol. The number of carbonyl (C=O) groups is 1. The number of nitrogens with zero attached hydrogens (tertiary/aromatic N) is 4. The van der Waals surface area contributed by atoms with Gasteiger partial charge >= 0.3 is 5.97 Å². The molecule has 0 unspecified atom stereocenters. The second kappa shape index (κ2) is 10.4. The summed E-state index contributed by atoms with van der Waals surface area (Å²) < 4.78 is 31.3. The summed E-state index contributed by atoms with van der Waals surface area (Å²) in [6, 6.07) is 3.47. The van der Waals surface area contributed by atoms with E-state index in [1.54, 1.807) is 6.92 Å². The van der Waals surface area contributed by atoms with E-state index in [9.17, 15) is 9.90 Å². The van der Waals surface area contributed by atoms with Gasteiger partial charge in [-0.2, -0.15) is 5.10 Å². The largest absolute Gasteiger partial charge is 0.490 e. The molecule has 4 aromatic rings. The minimum absolute atomic E-state index is 0.286. The lowest BCUT2D eigenvalue weighted by Gasteiger charge is -2.29. The first-order valence-corrected chi connectivity index (χ1v) is 13.8. The van der Waals surface area contributed by atoms with Crippen molar-refractivity contribution in [1.82, 2.24) is 19.3 Å². The van der Waals surface area contributed by atoms with Crippen LogP contribution < -0.4 is 4.74 Å². The van der Waals surface area contributed by atoms with Crippen LogP contribution in [0.25, 0.3) is 33.4 Å². The van der Waals surface area contributed by atoms with Crippen molar-refractivity contribution in [3.8, 4) is 28.1 Å². The first kappa shape index (κ1) is 27.8. The molecule has 0 amide bonds. The minimum Gasteiger partial charge on any atom is -0.490 e. The van der Waals surface area contributed by atoms with Crippen LogP contribution in [0.4, 0.5) is 4.39 Å². The summed E-state index contributed by atoms with van der Waals surface area (Å²) in [5.74, 6) is -1.30. The van der Waals surface area contributed by atoms with E-state index in [1.165, 1.54) is 6.07 Å². The van der Waals surface area contributed by atoms with Crippen molar-refractivity contribution in [3.05, 3.63) is 52.7 Å². The molecule has 1 aliphatic rings. The van der Waals surface area contributed by atoms with Crippen LogP contribution in [-0.4, -0.2) is 42.6 Å². The van der Waals surface area contributed by atoms with E-state index in [0.717, 1.165) is 47.2 Å². The molecule has 212 valence electrons. The fraction of sp³-hybridized carbons (Fsp3) is 0.452. The first-order chi connectivity index (χ1) is 18.9. The lowest BCUT2D eigenvalue weighted by molar-refractivity contribution is -0.160. The van der Waals surface area contributed by atoms with Gasteiger partial charge in [0.25, 0.3) is 0 Å². The Hall–Kier alpha value is -3.72. The molecule has 8 nitrogen and oxygen atoms in total. The summed E-state index contributed by atoms with van der Waals surface area (Å²) in [4.78, 5) is 17.6. The average Bonchev–Trinajstić information content (AvgIpc) is 3.48. The van der Waals surface area contributed by atoms with Crippen molar-refractivity contribution in [2.45, 2.75) is 79.1 Å². The van der Waals surface area contributed by atoms with Gasteiger partial charge in [-0.25, -0.2) is 14.2 Å². The smallest absolute Gasteiger partial charge is 0.337 e. The number of aromatic nitrogens is 4. The molecule has 5 rings (SSSR count). The summed E-state index contributed by atoms with van der Waals surface area (Å²) in [5, 5.41) is 15.6. The summed E-state index contributed by atoms with van der Waals surface area (Å²) in [6.07, 6.45) is 4.94. The summed E-state index contributed by atoms with van der Waals surface area (Å²) in [6.45, 7) is 12.6. The highest BCUT2D eigenvalue weighted by atomic mass is 19.1. The van der Waals surface area contributed by atoms with E-state index >= 15 is 4.39 Å². The van der Waals surface area contributed by atoms with Gasteiger partial charge in [-0.3, -0.25) is 4.68 Å². The van der Waals surface area contributed by atoms with Crippen LogP contribution in [0.5, 0.6) is 5.75 Å². The van der Waals surface area contributed by atoms with Crippen LogP contribution in [0, 0.1) is 19.7 Å². The molecule has 3 aromatic heterocycles. The molecule has 0 spiro atoms. The maximum absolute atomic E-state index is 15.6. The number of hydrogen-bond donors (Lipinski definition) is 1. The van der Waals surface area contributed by atoms with Crippen molar-refractivity contribution in [2.24, 2.45) is 7.05 Å². The Morgan fingerprint density at radius 3 is 2.70 bits per heavy atom. The second-order valence-electron chi connectivity index (χ2n) is 11.5. The van der Waals surface area contributed by atoms with Gasteiger partial charge in [-0.1, -0.05) is 6.92 Å². The van der Waals surface area contributed by atoms with Gasteiger partial charge in [0.15, 0.2) is 17.7 Å². The van der Waals surface area contributed by atoms with Gasteiger partial charge in [-0.05, 0) is 77.1 Å². The van der Waals surface area contributed by atoms with Gasteiger partial charge < -0.3 is 19.1 Å². The number of fused-ring (bicyclic) bond motifs is 2. The SMILES string of the molecule is CCCn1cc(-c2cc3c(-c4cc(F)c5c(c4C)CCCO5)c([C@H](OC(C)(C)C)C(=O)O)c(C)nc3n2C)cn1. The molecular weight excluding hydrogens is 511 g/mol. The average molecular weight is 549 g/mol. The zero-order chi connectivity index (χ0) is 28.9. The minimum atomic E-state index is -1.31. The van der Waals surface area contributed by atoms with Crippen LogP contribution in [0.15, 0.2) is 24.5 Å². The molecule has 1 aromatic carbocycles. The summed E-state index contributed by atoms with van der Waals surface area (Å²) >= 11 is 0. The molecule has 0 bridgehead atoms. The fourth-order valence-electron chi connectivity index (χ4n) is 5.70. The van der Waals surface area contributed by atoms with Crippen LogP contribution in [0.1, 0.15) is 69.0 Å². The molecule has 0 saturated heterocycles. The van der Waals surface area contributed by atoms with Crippen LogP contribution in [0.3, 0.4) is 0 Å². The molecule has 0 aliphatic carbocycles. The number of ether oxygens (including phenoxy) is 2. The molecule has 1 aliphatic heterocycles. The predicted octanol–water partition coefficient (Wildman–Crippen LogP) is 6.54. The zero-order valence-corrected chi connectivity index (χ0v) is 24.3. The lowest BCUT2D eigenvalue weighted by atomic mass is 9.86. The number of halogens is 1. The number of aryl methyl sites for hydroxylation is 3. The number of pyridine rings is 1. The fourth-order valence-corrected chi connectivity index (χ4v) is 5.70. The van der Waals surface area contributed by atoms with Crippen molar-refractivity contribution in [1.29, 1.82) is 0 Å². The predicted molar refractivity (Wildman–Crippen MR) is 152 cm³/mol. The van der Waals surface area contributed by atoms with E-state index < -0.39 is 23.5 Å². The molecule has 40 heavy (non-hydrogen) atoms. The maximum Gasteiger partial charge on any atom is 0.337 e. The third kappa shape index (κ3) is 4.87. The van der Waals surface area contributed by atoms with E-state index in [-0.39, 0.29) is 5.75 Å². The first-order valence-electron chi connectivity index (χ1n) is 13.8. The third-order valence-electron chi connectivity index (χ3n) is 7.45. The second-order valence-corrected chi connectivity index (χ2v) is 11.5. The van der Waals surface area contributed by atoms with E-state index in [4.69, 9.17) is 14.5 Å². The third-order valence-corrected chi connectivity index (χ3v) is 7.45. The van der Waals surface area contributed by atoms with Crippen molar-refractivity contribution >= 4 is 17.0 Å².